The number of halogens is 1. The SMILES string of the molecule is CCCCn1c(O)c(N=NC(=O)CCCCCNC(=O)c2ccccc2Cl)c2cc(C)ccc21. The highest BCUT2D eigenvalue weighted by Gasteiger charge is 2.17. The third-order valence-electron chi connectivity index (χ3n) is 5.63. The van der Waals surface area contributed by atoms with Crippen molar-refractivity contribution >= 4 is 40.0 Å². The largest absolute Gasteiger partial charge is 0.493 e. The Labute approximate surface area is 204 Å². The Kier molecular flexibility index (Phi) is 9.22. The van der Waals surface area contributed by atoms with Crippen LogP contribution in [-0.4, -0.2) is 28.0 Å². The summed E-state index contributed by atoms with van der Waals surface area (Å²) in [5, 5.41) is 22.7. The van der Waals surface area contributed by atoms with Crippen LogP contribution in [0.25, 0.3) is 10.9 Å². The number of fused-ring (bicyclic) bond motifs is 1. The zero-order chi connectivity index (χ0) is 24.5. The Bertz CT molecular complexity index is 1190. The number of nitrogens with zero attached hydrogens (tertiary/aromatic N) is 3. The van der Waals surface area contributed by atoms with Crippen molar-refractivity contribution in [3.8, 4) is 5.88 Å². The van der Waals surface area contributed by atoms with Gasteiger partial charge in [0.15, 0.2) is 5.69 Å². The normalized spacial score (nSPS) is 11.4. The summed E-state index contributed by atoms with van der Waals surface area (Å²) < 4.78 is 1.83. The molecule has 8 heteroatoms. The van der Waals surface area contributed by atoms with Gasteiger partial charge in [0.2, 0.25) is 5.88 Å². The maximum Gasteiger partial charge on any atom is 0.264 e. The molecule has 1 aromatic heterocycles. The quantitative estimate of drug-likeness (QED) is 0.235. The van der Waals surface area contributed by atoms with Crippen LogP contribution in [0.3, 0.4) is 0 Å². The number of aromatic nitrogens is 1. The third kappa shape index (κ3) is 6.44. The fourth-order valence-corrected chi connectivity index (χ4v) is 3.98. The van der Waals surface area contributed by atoms with Gasteiger partial charge in [-0.2, -0.15) is 0 Å². The molecule has 0 saturated carbocycles. The standard InChI is InChI=1S/C26H31ClN4O3/c1-3-4-16-31-22-14-13-18(2)17-20(22)24(26(31)34)30-29-23(32)12-6-5-9-15-28-25(33)19-10-7-8-11-21(19)27/h7-8,10-11,13-14,17,34H,3-6,9,12,15-16H2,1-2H3,(H,28,33). The summed E-state index contributed by atoms with van der Waals surface area (Å²) in [7, 11) is 0. The number of nitrogens with one attached hydrogen (secondary N) is 1. The van der Waals surface area contributed by atoms with Crippen LogP contribution in [0.15, 0.2) is 52.7 Å². The summed E-state index contributed by atoms with van der Waals surface area (Å²) in [4.78, 5) is 24.4. The number of carbonyl (C=O) groups excluding carboxylic acids is 2. The molecule has 0 unspecified atom stereocenters. The molecule has 0 spiro atoms. The van der Waals surface area contributed by atoms with Gasteiger partial charge in [0, 0.05) is 24.9 Å². The van der Waals surface area contributed by atoms with Gasteiger partial charge in [0.25, 0.3) is 11.8 Å². The molecular formula is C26H31ClN4O3. The average Bonchev–Trinajstić information content (AvgIpc) is 3.08. The lowest BCUT2D eigenvalue weighted by atomic mass is 10.1. The van der Waals surface area contributed by atoms with Crippen LogP contribution in [0, 0.1) is 6.92 Å². The second-order valence-corrected chi connectivity index (χ2v) is 8.75. The minimum absolute atomic E-state index is 0.0415. The molecule has 180 valence electrons. The predicted octanol–water partition coefficient (Wildman–Crippen LogP) is 6.71. The van der Waals surface area contributed by atoms with Crippen LogP contribution in [0.1, 0.15) is 61.4 Å². The number of amides is 2. The van der Waals surface area contributed by atoms with Crippen LogP contribution in [0.4, 0.5) is 5.69 Å². The van der Waals surface area contributed by atoms with Crippen LogP contribution in [0.2, 0.25) is 5.02 Å². The van der Waals surface area contributed by atoms with E-state index in [1.165, 1.54) is 0 Å². The maximum atomic E-state index is 12.2. The molecule has 34 heavy (non-hydrogen) atoms. The minimum Gasteiger partial charge on any atom is -0.493 e. The zero-order valence-corrected chi connectivity index (χ0v) is 20.4. The topological polar surface area (TPSA) is 96.0 Å². The number of hydrogen-bond acceptors (Lipinski definition) is 4. The molecular weight excluding hydrogens is 452 g/mol. The third-order valence-corrected chi connectivity index (χ3v) is 5.96. The smallest absolute Gasteiger partial charge is 0.264 e. The molecule has 0 aliphatic heterocycles. The molecule has 7 nitrogen and oxygen atoms in total. The second-order valence-electron chi connectivity index (χ2n) is 8.34. The first kappa shape index (κ1) is 25.4. The molecule has 0 radical (unpaired) electrons. The van der Waals surface area contributed by atoms with Crippen molar-refractivity contribution < 1.29 is 14.7 Å². The maximum absolute atomic E-state index is 12.2. The van der Waals surface area contributed by atoms with E-state index in [9.17, 15) is 14.7 Å². The van der Waals surface area contributed by atoms with Crippen molar-refractivity contribution in [3.63, 3.8) is 0 Å². The van der Waals surface area contributed by atoms with Gasteiger partial charge < -0.3 is 15.0 Å². The summed E-state index contributed by atoms with van der Waals surface area (Å²) in [5.41, 5.74) is 2.72. The molecule has 3 rings (SSSR count). The van der Waals surface area contributed by atoms with Crippen molar-refractivity contribution in [3.05, 3.63) is 58.6 Å². The van der Waals surface area contributed by atoms with E-state index in [1.807, 2.05) is 29.7 Å². The van der Waals surface area contributed by atoms with Gasteiger partial charge in [-0.05, 0) is 50.5 Å². The van der Waals surface area contributed by atoms with Crippen molar-refractivity contribution in [1.82, 2.24) is 9.88 Å². The highest BCUT2D eigenvalue weighted by molar-refractivity contribution is 6.33. The summed E-state index contributed by atoms with van der Waals surface area (Å²) in [5.74, 6) is -0.495. The van der Waals surface area contributed by atoms with Crippen LogP contribution in [0.5, 0.6) is 5.88 Å². The van der Waals surface area contributed by atoms with Gasteiger partial charge in [-0.25, -0.2) is 0 Å². The molecule has 0 saturated heterocycles. The molecule has 0 aliphatic carbocycles. The summed E-state index contributed by atoms with van der Waals surface area (Å²) in [6.07, 6.45) is 4.35. The van der Waals surface area contributed by atoms with Gasteiger partial charge in [0.05, 0.1) is 16.1 Å². The molecule has 3 aromatic rings. The highest BCUT2D eigenvalue weighted by Crippen LogP contribution is 2.39. The predicted molar refractivity (Wildman–Crippen MR) is 135 cm³/mol. The van der Waals surface area contributed by atoms with Gasteiger partial charge in [-0.1, -0.05) is 55.1 Å². The van der Waals surface area contributed by atoms with E-state index in [2.05, 4.69) is 22.5 Å². The summed E-state index contributed by atoms with van der Waals surface area (Å²) >= 11 is 6.03. The number of benzene rings is 2. The summed E-state index contributed by atoms with van der Waals surface area (Å²) in [6, 6.07) is 12.8. The zero-order valence-electron chi connectivity index (χ0n) is 19.7. The number of carbonyl (C=O) groups is 2. The Morgan fingerprint density at radius 1 is 1.09 bits per heavy atom. The molecule has 0 aliphatic rings. The molecule has 1 heterocycles. The van der Waals surface area contributed by atoms with Gasteiger partial charge >= 0.3 is 0 Å². The van der Waals surface area contributed by atoms with Crippen molar-refractivity contribution in [2.45, 2.75) is 58.9 Å². The second kappa shape index (κ2) is 12.3. The van der Waals surface area contributed by atoms with Crippen LogP contribution < -0.4 is 5.32 Å². The molecule has 0 fully saturated rings. The minimum atomic E-state index is -0.332. The van der Waals surface area contributed by atoms with Gasteiger partial charge in [0.1, 0.15) is 0 Å². The first-order valence-electron chi connectivity index (χ1n) is 11.7. The fourth-order valence-electron chi connectivity index (χ4n) is 3.75. The molecule has 2 amide bonds. The number of aromatic hydroxyl groups is 1. The first-order chi connectivity index (χ1) is 16.4. The van der Waals surface area contributed by atoms with Crippen molar-refractivity contribution in [1.29, 1.82) is 0 Å². The van der Waals surface area contributed by atoms with Crippen molar-refractivity contribution in [2.75, 3.05) is 6.54 Å². The van der Waals surface area contributed by atoms with E-state index < -0.39 is 0 Å². The molecule has 2 aromatic carbocycles. The Balaban J connectivity index is 1.49. The lowest BCUT2D eigenvalue weighted by Gasteiger charge is -2.06. The van der Waals surface area contributed by atoms with E-state index in [-0.39, 0.29) is 24.1 Å². The van der Waals surface area contributed by atoms with E-state index in [1.54, 1.807) is 24.3 Å². The number of aryl methyl sites for hydroxylation is 2. The van der Waals surface area contributed by atoms with Gasteiger partial charge in [-0.15, -0.1) is 10.2 Å². The molecule has 0 bridgehead atoms. The molecule has 0 atom stereocenters. The first-order valence-corrected chi connectivity index (χ1v) is 12.1. The van der Waals surface area contributed by atoms with E-state index in [4.69, 9.17) is 11.6 Å². The number of hydrogen-bond donors (Lipinski definition) is 2. The lowest BCUT2D eigenvalue weighted by Crippen LogP contribution is -2.24. The number of azo groups is 1. The Hall–Kier alpha value is -3.19. The van der Waals surface area contributed by atoms with Crippen LogP contribution in [-0.2, 0) is 11.3 Å². The van der Waals surface area contributed by atoms with E-state index >= 15 is 0 Å². The Morgan fingerprint density at radius 3 is 2.65 bits per heavy atom. The van der Waals surface area contributed by atoms with Gasteiger partial charge in [-0.3, -0.25) is 9.59 Å². The fraction of sp³-hybridized carbons (Fsp3) is 0.385. The van der Waals surface area contributed by atoms with E-state index in [0.29, 0.717) is 35.8 Å². The molecule has 2 N–H and O–H groups in total. The average molecular weight is 483 g/mol. The monoisotopic (exact) mass is 482 g/mol. The van der Waals surface area contributed by atoms with E-state index in [0.717, 1.165) is 42.1 Å². The van der Waals surface area contributed by atoms with Crippen LogP contribution >= 0.6 is 11.6 Å². The lowest BCUT2D eigenvalue weighted by molar-refractivity contribution is -0.118. The number of rotatable bonds is 11. The Morgan fingerprint density at radius 2 is 1.88 bits per heavy atom. The van der Waals surface area contributed by atoms with Crippen molar-refractivity contribution in [2.24, 2.45) is 10.2 Å². The highest BCUT2D eigenvalue weighted by atomic mass is 35.5. The summed E-state index contributed by atoms with van der Waals surface area (Å²) in [6.45, 7) is 5.25. The number of unbranched alkanes of at least 4 members (excludes halogenated alkanes) is 3.